The van der Waals surface area contributed by atoms with Crippen molar-refractivity contribution >= 4 is 21.5 Å². The fourth-order valence-electron chi connectivity index (χ4n) is 5.80. The first kappa shape index (κ1) is 23.4. The quantitative estimate of drug-likeness (QED) is 0.470. The van der Waals surface area contributed by atoms with Crippen LogP contribution in [-0.4, -0.2) is 42.0 Å². The molecule has 3 saturated heterocycles. The van der Waals surface area contributed by atoms with E-state index in [0.717, 1.165) is 46.6 Å². The van der Waals surface area contributed by atoms with Gasteiger partial charge >= 0.3 is 0 Å². The summed E-state index contributed by atoms with van der Waals surface area (Å²) in [4.78, 5) is 6.98. The lowest BCUT2D eigenvalue weighted by Gasteiger charge is -2.50. The average molecular weight is 480 g/mol. The maximum atomic E-state index is 11.7. The van der Waals surface area contributed by atoms with Crippen molar-refractivity contribution in [2.45, 2.75) is 36.8 Å². The molecule has 5 unspecified atom stereocenters. The summed E-state index contributed by atoms with van der Waals surface area (Å²) in [7, 11) is -0.796. The van der Waals surface area contributed by atoms with E-state index in [1.807, 2.05) is 54.9 Å². The van der Waals surface area contributed by atoms with Crippen molar-refractivity contribution < 1.29 is 18.4 Å². The van der Waals surface area contributed by atoms with E-state index in [-0.39, 0.29) is 12.1 Å². The first-order chi connectivity index (χ1) is 16.4. The first-order valence-electron chi connectivity index (χ1n) is 12.0. The zero-order chi connectivity index (χ0) is 23.9. The normalized spacial score (nSPS) is 27.6. The Kier molecular flexibility index (Phi) is 6.42. The maximum Gasteiger partial charge on any atom is 0.160 e. The van der Waals surface area contributed by atoms with Crippen molar-refractivity contribution in [1.29, 1.82) is 0 Å². The molecule has 2 N–H and O–H groups in total. The summed E-state index contributed by atoms with van der Waals surface area (Å²) < 4.78 is 24.0. The Morgan fingerprint density at radius 1 is 1.21 bits per heavy atom. The van der Waals surface area contributed by atoms with E-state index >= 15 is 0 Å². The summed E-state index contributed by atoms with van der Waals surface area (Å²) in [6.07, 6.45) is 7.86. The zero-order valence-corrected chi connectivity index (χ0v) is 21.1. The standard InChI is InChI=1S/C28H34N2O3S/c1-5-20-18-30-15-13-21(20)16-27(30)28(33-34(4,31)23-9-6-19(2)7-10-23)24-12-14-29-26-11-8-22(32-3)17-25(24)26/h5-12,14,17,20-21,27-28,31H,1,13,15-16,18H2,2-4H3/p+1/t20?,21?,27?,28-/m1/s1. The third kappa shape index (κ3) is 4.36. The van der Waals surface area contributed by atoms with E-state index in [9.17, 15) is 4.55 Å². The van der Waals surface area contributed by atoms with Gasteiger partial charge in [0.25, 0.3) is 0 Å². The number of nitrogens with zero attached hydrogens (tertiary/aromatic N) is 1. The van der Waals surface area contributed by atoms with Gasteiger partial charge in [-0.3, -0.25) is 13.7 Å². The van der Waals surface area contributed by atoms with Gasteiger partial charge in [0.05, 0.1) is 30.6 Å². The molecule has 5 nitrogen and oxygen atoms in total. The molecule has 0 aliphatic carbocycles. The highest BCUT2D eigenvalue weighted by Gasteiger charge is 2.48. The summed E-state index contributed by atoms with van der Waals surface area (Å²) >= 11 is 0. The Morgan fingerprint density at radius 3 is 2.68 bits per heavy atom. The molecule has 4 heterocycles. The van der Waals surface area contributed by atoms with Crippen molar-refractivity contribution in [3.05, 3.63) is 78.5 Å². The molecule has 0 amide bonds. The average Bonchev–Trinajstić information content (AvgIpc) is 2.87. The number of hydrogen-bond acceptors (Lipinski definition) is 4. The van der Waals surface area contributed by atoms with Gasteiger partial charge in [0.1, 0.15) is 11.8 Å². The van der Waals surface area contributed by atoms with E-state index in [1.54, 1.807) is 12.0 Å². The van der Waals surface area contributed by atoms with Gasteiger partial charge in [-0.25, -0.2) is 0 Å². The second-order valence-electron chi connectivity index (χ2n) is 9.82. The third-order valence-electron chi connectivity index (χ3n) is 7.73. The van der Waals surface area contributed by atoms with Crippen LogP contribution >= 0.6 is 10.6 Å². The van der Waals surface area contributed by atoms with Crippen molar-refractivity contribution in [2.75, 3.05) is 26.5 Å². The minimum atomic E-state index is -2.48. The lowest BCUT2D eigenvalue weighted by Crippen LogP contribution is -3.20. The van der Waals surface area contributed by atoms with Crippen molar-refractivity contribution in [3.8, 4) is 5.75 Å². The minimum Gasteiger partial charge on any atom is -0.497 e. The Labute approximate surface area is 204 Å². The molecule has 180 valence electrons. The monoisotopic (exact) mass is 479 g/mol. The van der Waals surface area contributed by atoms with Gasteiger partial charge in [0.15, 0.2) is 6.10 Å². The number of ether oxygens (including phenoxy) is 1. The number of nitrogens with one attached hydrogen (secondary N) is 1. The number of quaternary nitrogens is 1. The molecule has 34 heavy (non-hydrogen) atoms. The number of aryl methyl sites for hydroxylation is 1. The van der Waals surface area contributed by atoms with Gasteiger partial charge in [-0.15, -0.1) is 6.58 Å². The smallest absolute Gasteiger partial charge is 0.160 e. The van der Waals surface area contributed by atoms with Crippen LogP contribution in [0.1, 0.15) is 30.1 Å². The van der Waals surface area contributed by atoms with E-state index in [0.29, 0.717) is 11.8 Å². The van der Waals surface area contributed by atoms with Crippen LogP contribution in [0.3, 0.4) is 0 Å². The maximum absolute atomic E-state index is 11.7. The van der Waals surface area contributed by atoms with Crippen LogP contribution in [0.2, 0.25) is 0 Å². The van der Waals surface area contributed by atoms with Crippen molar-refractivity contribution in [3.63, 3.8) is 0 Å². The third-order valence-corrected chi connectivity index (χ3v) is 9.46. The zero-order valence-electron chi connectivity index (χ0n) is 20.2. The summed E-state index contributed by atoms with van der Waals surface area (Å²) in [5.41, 5.74) is 3.15. The van der Waals surface area contributed by atoms with Crippen LogP contribution in [0.25, 0.3) is 10.9 Å². The van der Waals surface area contributed by atoms with Gasteiger partial charge in [0.2, 0.25) is 0 Å². The van der Waals surface area contributed by atoms with Crippen LogP contribution in [0.4, 0.5) is 0 Å². The van der Waals surface area contributed by atoms with E-state index in [1.165, 1.54) is 12.0 Å². The molecule has 3 aliphatic heterocycles. The van der Waals surface area contributed by atoms with Crippen LogP contribution in [0, 0.1) is 18.8 Å². The van der Waals surface area contributed by atoms with Crippen LogP contribution in [-0.2, 0) is 4.18 Å². The number of methoxy groups -OCH3 is 1. The van der Waals surface area contributed by atoms with E-state index in [2.05, 4.69) is 30.6 Å². The molecule has 3 fully saturated rings. The molecule has 3 aliphatic rings. The number of aromatic nitrogens is 1. The number of hydrogen-bond donors (Lipinski definition) is 2. The lowest BCUT2D eigenvalue weighted by atomic mass is 9.73. The molecule has 6 heteroatoms. The summed E-state index contributed by atoms with van der Waals surface area (Å²) in [5.74, 6) is 1.97. The Hall–Kier alpha value is -2.38. The second kappa shape index (κ2) is 9.34. The Balaban J connectivity index is 1.59. The Bertz CT molecular complexity index is 1180. The highest BCUT2D eigenvalue weighted by molar-refractivity contribution is 8.24. The van der Waals surface area contributed by atoms with E-state index in [4.69, 9.17) is 8.92 Å². The van der Waals surface area contributed by atoms with Crippen LogP contribution < -0.4 is 9.64 Å². The van der Waals surface area contributed by atoms with Gasteiger partial charge < -0.3 is 9.64 Å². The lowest BCUT2D eigenvalue weighted by molar-refractivity contribution is -0.949. The highest BCUT2D eigenvalue weighted by atomic mass is 32.3. The van der Waals surface area contributed by atoms with Gasteiger partial charge in [-0.2, -0.15) is 10.6 Å². The minimum absolute atomic E-state index is 0.257. The molecule has 1 aromatic heterocycles. The molecular formula is C28H35N2O3S+. The molecule has 2 bridgehead atoms. The van der Waals surface area contributed by atoms with E-state index < -0.39 is 10.6 Å². The number of pyridine rings is 1. The van der Waals surface area contributed by atoms with Crippen LogP contribution in [0.15, 0.2) is 72.3 Å². The molecule has 2 aromatic carbocycles. The first-order valence-corrected chi connectivity index (χ1v) is 14.0. The predicted molar refractivity (Wildman–Crippen MR) is 139 cm³/mol. The second-order valence-corrected chi connectivity index (χ2v) is 12.1. The van der Waals surface area contributed by atoms with Gasteiger partial charge in [-0.1, -0.05) is 23.8 Å². The number of fused-ring (bicyclic) bond motifs is 4. The van der Waals surface area contributed by atoms with Gasteiger partial charge in [0, 0.05) is 42.2 Å². The summed E-state index contributed by atoms with van der Waals surface area (Å²) in [6.45, 7) is 8.36. The fraction of sp³-hybridized carbons (Fsp3) is 0.393. The van der Waals surface area contributed by atoms with Crippen LogP contribution in [0.5, 0.6) is 5.75 Å². The summed E-state index contributed by atoms with van der Waals surface area (Å²) in [6, 6.07) is 16.3. The summed E-state index contributed by atoms with van der Waals surface area (Å²) in [5, 5.41) is 1.02. The van der Waals surface area contributed by atoms with Crippen molar-refractivity contribution in [1.82, 2.24) is 4.98 Å². The number of piperidine rings is 3. The number of rotatable bonds is 7. The molecule has 0 saturated carbocycles. The van der Waals surface area contributed by atoms with Crippen molar-refractivity contribution in [2.24, 2.45) is 11.8 Å². The predicted octanol–water partition coefficient (Wildman–Crippen LogP) is 4.97. The molecule has 3 aromatic rings. The highest BCUT2D eigenvalue weighted by Crippen LogP contribution is 2.54. The topological polar surface area (TPSA) is 56.0 Å². The molecular weight excluding hydrogens is 444 g/mol. The molecule has 6 rings (SSSR count). The number of benzene rings is 2. The molecule has 6 atom stereocenters. The largest absolute Gasteiger partial charge is 0.497 e. The molecule has 0 spiro atoms. The molecule has 0 radical (unpaired) electrons. The SMILES string of the molecule is C=CC1C[NH+]2CCC1CC2[C@H](OS(C)(O)c1ccc(C)cc1)c1ccnc2ccc(OC)cc12. The Morgan fingerprint density at radius 2 is 2.00 bits per heavy atom. The van der Waals surface area contributed by atoms with Gasteiger partial charge in [-0.05, 0) is 49.2 Å². The fourth-order valence-corrected chi connectivity index (χ4v) is 7.19.